The molecule has 0 bridgehead atoms. The van der Waals surface area contributed by atoms with Crippen LogP contribution >= 0.6 is 0 Å². The molecule has 6 heteroatoms. The second-order valence-corrected chi connectivity index (χ2v) is 4.26. The Morgan fingerprint density at radius 1 is 1.33 bits per heavy atom. The fourth-order valence-electron chi connectivity index (χ4n) is 1.78. The summed E-state index contributed by atoms with van der Waals surface area (Å²) in [6.45, 7) is 2.73. The van der Waals surface area contributed by atoms with Crippen LogP contribution in [0.2, 0.25) is 0 Å². The molecule has 102 valence electrons. The summed E-state index contributed by atoms with van der Waals surface area (Å²) in [6.07, 6.45) is -4.89. The molecule has 0 aliphatic heterocycles. The Morgan fingerprint density at radius 2 is 1.89 bits per heavy atom. The first-order chi connectivity index (χ1) is 8.14. The normalized spacial score (nSPS) is 17.1. The minimum absolute atomic E-state index is 0.0438. The van der Waals surface area contributed by atoms with Crippen LogP contribution in [0.1, 0.15) is 18.1 Å². The number of hydrogen-bond donors (Lipinski definition) is 2. The molecule has 18 heavy (non-hydrogen) atoms. The smallest absolute Gasteiger partial charge is 0.423 e. The summed E-state index contributed by atoms with van der Waals surface area (Å²) in [5, 5.41) is 10.0. The summed E-state index contributed by atoms with van der Waals surface area (Å²) in [5.74, 6) is -0.0438. The standard InChI is InChI=1S/C12H16F3NO2/c1-7-4-5-10(18-3)9(6-7)11(17,8(2)16)12(13,14)15/h4-6,8,17H,16H2,1-3H3. The molecule has 1 aromatic rings. The molecule has 2 unspecified atom stereocenters. The predicted octanol–water partition coefficient (Wildman–Crippen LogP) is 2.10. The zero-order chi connectivity index (χ0) is 14.1. The molecule has 0 aliphatic carbocycles. The lowest BCUT2D eigenvalue weighted by Crippen LogP contribution is -2.54. The maximum Gasteiger partial charge on any atom is 0.423 e. The van der Waals surface area contributed by atoms with Crippen LogP contribution in [-0.4, -0.2) is 24.4 Å². The Morgan fingerprint density at radius 3 is 2.28 bits per heavy atom. The van der Waals surface area contributed by atoms with E-state index in [2.05, 4.69) is 0 Å². The van der Waals surface area contributed by atoms with E-state index in [-0.39, 0.29) is 11.3 Å². The summed E-state index contributed by atoms with van der Waals surface area (Å²) in [4.78, 5) is 0. The molecule has 3 N–H and O–H groups in total. The fraction of sp³-hybridized carbons (Fsp3) is 0.500. The SMILES string of the molecule is COc1ccc(C)cc1C(O)(C(C)N)C(F)(F)F. The highest BCUT2D eigenvalue weighted by molar-refractivity contribution is 5.42. The molecule has 3 nitrogen and oxygen atoms in total. The second-order valence-electron chi connectivity index (χ2n) is 4.26. The summed E-state index contributed by atoms with van der Waals surface area (Å²) in [5.41, 5.74) is 2.41. The van der Waals surface area contributed by atoms with Gasteiger partial charge in [-0.15, -0.1) is 0 Å². The molecule has 2 atom stereocenters. The lowest BCUT2D eigenvalue weighted by atomic mass is 9.85. The number of methoxy groups -OCH3 is 1. The maximum atomic E-state index is 13.1. The molecule has 0 amide bonds. The number of aryl methyl sites for hydroxylation is 1. The predicted molar refractivity (Wildman–Crippen MR) is 61.3 cm³/mol. The lowest BCUT2D eigenvalue weighted by molar-refractivity contribution is -0.273. The molecule has 0 spiro atoms. The first kappa shape index (κ1) is 14.8. The van der Waals surface area contributed by atoms with E-state index in [9.17, 15) is 18.3 Å². The Hall–Kier alpha value is -1.27. The van der Waals surface area contributed by atoms with Crippen molar-refractivity contribution >= 4 is 0 Å². The van der Waals surface area contributed by atoms with Crippen molar-refractivity contribution in [3.63, 3.8) is 0 Å². The van der Waals surface area contributed by atoms with Crippen molar-refractivity contribution in [3.05, 3.63) is 29.3 Å². The van der Waals surface area contributed by atoms with Crippen LogP contribution in [0.3, 0.4) is 0 Å². The zero-order valence-electron chi connectivity index (χ0n) is 10.4. The van der Waals surface area contributed by atoms with Crippen molar-refractivity contribution in [2.75, 3.05) is 7.11 Å². The third-order valence-electron chi connectivity index (χ3n) is 2.86. The molecule has 0 aromatic heterocycles. The minimum Gasteiger partial charge on any atom is -0.496 e. The van der Waals surface area contributed by atoms with Gasteiger partial charge in [-0.3, -0.25) is 0 Å². The first-order valence-corrected chi connectivity index (χ1v) is 5.34. The largest absolute Gasteiger partial charge is 0.496 e. The van der Waals surface area contributed by atoms with Gasteiger partial charge in [-0.1, -0.05) is 11.6 Å². The van der Waals surface area contributed by atoms with Crippen LogP contribution in [0, 0.1) is 6.92 Å². The summed E-state index contributed by atoms with van der Waals surface area (Å²) >= 11 is 0. The Bertz CT molecular complexity index is 432. The van der Waals surface area contributed by atoms with E-state index in [1.54, 1.807) is 13.0 Å². The molecular weight excluding hydrogens is 247 g/mol. The van der Waals surface area contributed by atoms with Crippen LogP contribution in [0.4, 0.5) is 13.2 Å². The number of benzene rings is 1. The molecule has 0 radical (unpaired) electrons. The van der Waals surface area contributed by atoms with Gasteiger partial charge in [0.05, 0.1) is 7.11 Å². The summed E-state index contributed by atoms with van der Waals surface area (Å²) in [7, 11) is 1.24. The monoisotopic (exact) mass is 263 g/mol. The molecule has 0 heterocycles. The minimum atomic E-state index is -4.89. The number of rotatable bonds is 3. The molecule has 0 saturated heterocycles. The zero-order valence-corrected chi connectivity index (χ0v) is 10.4. The Balaban J connectivity index is 3.53. The summed E-state index contributed by atoms with van der Waals surface area (Å²) < 4.78 is 44.2. The van der Waals surface area contributed by atoms with Crippen LogP contribution < -0.4 is 10.5 Å². The average molecular weight is 263 g/mol. The first-order valence-electron chi connectivity index (χ1n) is 5.34. The van der Waals surface area contributed by atoms with E-state index in [0.717, 1.165) is 6.92 Å². The summed E-state index contributed by atoms with van der Waals surface area (Å²) in [6, 6.07) is 2.69. The van der Waals surface area contributed by atoms with Crippen LogP contribution in [-0.2, 0) is 5.60 Å². The van der Waals surface area contributed by atoms with Gasteiger partial charge in [-0.25, -0.2) is 0 Å². The highest BCUT2D eigenvalue weighted by atomic mass is 19.4. The van der Waals surface area contributed by atoms with Gasteiger partial charge in [-0.05, 0) is 26.0 Å². The third-order valence-corrected chi connectivity index (χ3v) is 2.86. The second kappa shape index (κ2) is 4.78. The van der Waals surface area contributed by atoms with Gasteiger partial charge in [0.25, 0.3) is 0 Å². The van der Waals surface area contributed by atoms with E-state index in [4.69, 9.17) is 10.5 Å². The number of halogens is 3. The third kappa shape index (κ3) is 2.30. The lowest BCUT2D eigenvalue weighted by Gasteiger charge is -2.35. The van der Waals surface area contributed by atoms with Gasteiger partial charge in [0, 0.05) is 11.6 Å². The topological polar surface area (TPSA) is 55.5 Å². The van der Waals surface area contributed by atoms with Gasteiger partial charge in [0.1, 0.15) is 5.75 Å². The fourth-order valence-corrected chi connectivity index (χ4v) is 1.78. The van der Waals surface area contributed by atoms with Crippen molar-refractivity contribution in [1.82, 2.24) is 0 Å². The molecular formula is C12H16F3NO2. The molecule has 0 aliphatic rings. The van der Waals surface area contributed by atoms with Crippen molar-refractivity contribution in [1.29, 1.82) is 0 Å². The quantitative estimate of drug-likeness (QED) is 0.878. The highest BCUT2D eigenvalue weighted by Crippen LogP contribution is 2.44. The number of aliphatic hydroxyl groups is 1. The van der Waals surface area contributed by atoms with Crippen LogP contribution in [0.15, 0.2) is 18.2 Å². The van der Waals surface area contributed by atoms with E-state index < -0.39 is 17.8 Å². The molecule has 1 aromatic carbocycles. The van der Waals surface area contributed by atoms with E-state index in [0.29, 0.717) is 5.56 Å². The van der Waals surface area contributed by atoms with Gasteiger partial charge >= 0.3 is 6.18 Å². The van der Waals surface area contributed by atoms with Gasteiger partial charge in [0.15, 0.2) is 0 Å². The van der Waals surface area contributed by atoms with Crippen molar-refractivity contribution < 1.29 is 23.0 Å². The van der Waals surface area contributed by atoms with Crippen molar-refractivity contribution in [2.45, 2.75) is 31.7 Å². The average Bonchev–Trinajstić information content (AvgIpc) is 2.26. The van der Waals surface area contributed by atoms with Crippen molar-refractivity contribution in [3.8, 4) is 5.75 Å². The van der Waals surface area contributed by atoms with Crippen LogP contribution in [0.5, 0.6) is 5.75 Å². The van der Waals surface area contributed by atoms with Crippen LogP contribution in [0.25, 0.3) is 0 Å². The number of hydrogen-bond acceptors (Lipinski definition) is 3. The Kier molecular flexibility index (Phi) is 3.92. The molecule has 1 rings (SSSR count). The van der Waals surface area contributed by atoms with Crippen molar-refractivity contribution in [2.24, 2.45) is 5.73 Å². The van der Waals surface area contributed by atoms with Gasteiger partial charge in [0.2, 0.25) is 5.60 Å². The van der Waals surface area contributed by atoms with E-state index >= 15 is 0 Å². The number of alkyl halides is 3. The van der Waals surface area contributed by atoms with Gasteiger partial charge in [-0.2, -0.15) is 13.2 Å². The van der Waals surface area contributed by atoms with E-state index in [1.807, 2.05) is 0 Å². The molecule has 0 fully saturated rings. The number of ether oxygens (including phenoxy) is 1. The number of nitrogens with two attached hydrogens (primary N) is 1. The Labute approximate surface area is 103 Å². The van der Waals surface area contributed by atoms with E-state index in [1.165, 1.54) is 19.2 Å². The van der Waals surface area contributed by atoms with Gasteiger partial charge < -0.3 is 15.6 Å². The highest BCUT2D eigenvalue weighted by Gasteiger charge is 2.58. The molecule has 0 saturated carbocycles. The maximum absolute atomic E-state index is 13.1.